The van der Waals surface area contributed by atoms with Gasteiger partial charge in [0.05, 0.1) is 53.6 Å². The van der Waals surface area contributed by atoms with Crippen LogP contribution < -0.4 is 11.1 Å². The van der Waals surface area contributed by atoms with Crippen molar-refractivity contribution in [3.8, 4) is 0 Å². The minimum absolute atomic E-state index is 0.138. The van der Waals surface area contributed by atoms with E-state index >= 15 is 0 Å². The van der Waals surface area contributed by atoms with E-state index in [2.05, 4.69) is 25.5 Å². The second-order valence-electron chi connectivity index (χ2n) is 7.06. The highest BCUT2D eigenvalue weighted by Crippen LogP contribution is 2.32. The zero-order valence-corrected chi connectivity index (χ0v) is 15.3. The molecule has 0 bridgehead atoms. The first-order valence-corrected chi connectivity index (χ1v) is 9.30. The van der Waals surface area contributed by atoms with Crippen LogP contribution in [0.25, 0.3) is 21.8 Å². The maximum atomic E-state index is 13.1. The second kappa shape index (κ2) is 6.32. The van der Waals surface area contributed by atoms with Crippen LogP contribution in [0.2, 0.25) is 0 Å². The Morgan fingerprint density at radius 1 is 1.07 bits per heavy atom. The molecule has 1 atom stereocenters. The van der Waals surface area contributed by atoms with E-state index in [1.807, 2.05) is 6.92 Å². The van der Waals surface area contributed by atoms with Gasteiger partial charge >= 0.3 is 0 Å². The Morgan fingerprint density at radius 3 is 2.50 bits per heavy atom. The highest BCUT2D eigenvalue weighted by Gasteiger charge is 2.27. The van der Waals surface area contributed by atoms with Gasteiger partial charge in [0.2, 0.25) is 0 Å². The van der Waals surface area contributed by atoms with E-state index in [0.717, 1.165) is 12.8 Å². The Kier molecular flexibility index (Phi) is 3.78. The number of benzene rings is 1. The molecule has 0 amide bonds. The van der Waals surface area contributed by atoms with E-state index in [1.54, 1.807) is 33.9 Å². The fourth-order valence-electron chi connectivity index (χ4n) is 3.44. The predicted molar refractivity (Wildman–Crippen MR) is 101 cm³/mol. The number of rotatable bonds is 5. The van der Waals surface area contributed by atoms with E-state index in [9.17, 15) is 9.59 Å². The molecule has 0 saturated heterocycles. The van der Waals surface area contributed by atoms with Gasteiger partial charge < -0.3 is 0 Å². The van der Waals surface area contributed by atoms with Gasteiger partial charge in [0.15, 0.2) is 0 Å². The predicted octanol–water partition coefficient (Wildman–Crippen LogP) is 1.08. The summed E-state index contributed by atoms with van der Waals surface area (Å²) in [5, 5.41) is 17.3. The summed E-state index contributed by atoms with van der Waals surface area (Å²) in [7, 11) is 0. The third-order valence-electron chi connectivity index (χ3n) is 5.19. The molecule has 3 heterocycles. The minimum atomic E-state index is -0.184. The summed E-state index contributed by atoms with van der Waals surface area (Å²) in [6, 6.07) is 3.26. The first-order chi connectivity index (χ1) is 13.7. The van der Waals surface area contributed by atoms with Crippen molar-refractivity contribution in [1.82, 2.24) is 39.5 Å². The van der Waals surface area contributed by atoms with E-state index in [1.165, 1.54) is 11.0 Å². The largest absolute Gasteiger partial charge is 0.294 e. The summed E-state index contributed by atoms with van der Waals surface area (Å²) in [5.74, 6) is 0. The topological polar surface area (TPSA) is 113 Å². The Balaban J connectivity index is 1.64. The lowest BCUT2D eigenvalue weighted by molar-refractivity contribution is 0.362. The standard InChI is InChI=1S/C18H18N8O2/c1-2-11(9-25-20-5-6-21-25)24-10-19-15-7-14-16(8-13(15)17(24)27)22-23-26(18(14)28)12-3-4-12/h5-8,10-12H,2-4,9H2,1H3. The third-order valence-corrected chi connectivity index (χ3v) is 5.19. The van der Waals surface area contributed by atoms with Crippen molar-refractivity contribution < 1.29 is 0 Å². The second-order valence-corrected chi connectivity index (χ2v) is 7.06. The number of aromatic nitrogens is 8. The van der Waals surface area contributed by atoms with E-state index in [0.29, 0.717) is 34.8 Å². The van der Waals surface area contributed by atoms with Gasteiger partial charge in [0.1, 0.15) is 5.52 Å². The van der Waals surface area contributed by atoms with Gasteiger partial charge in [-0.1, -0.05) is 12.1 Å². The van der Waals surface area contributed by atoms with Crippen LogP contribution in [0.4, 0.5) is 0 Å². The van der Waals surface area contributed by atoms with Crippen LogP contribution in [-0.4, -0.2) is 39.5 Å². The molecule has 142 valence electrons. The molecule has 0 radical (unpaired) electrons. The first-order valence-electron chi connectivity index (χ1n) is 9.30. The van der Waals surface area contributed by atoms with Crippen molar-refractivity contribution in [2.45, 2.75) is 44.8 Å². The molecule has 1 fully saturated rings. The van der Waals surface area contributed by atoms with Gasteiger partial charge in [-0.05, 0) is 31.4 Å². The first kappa shape index (κ1) is 16.7. The molecule has 1 saturated carbocycles. The maximum Gasteiger partial charge on any atom is 0.277 e. The monoisotopic (exact) mass is 378 g/mol. The molecule has 10 nitrogen and oxygen atoms in total. The molecule has 4 aromatic rings. The van der Waals surface area contributed by atoms with Crippen molar-refractivity contribution in [2.24, 2.45) is 0 Å². The zero-order valence-electron chi connectivity index (χ0n) is 15.3. The zero-order chi connectivity index (χ0) is 19.3. The smallest absolute Gasteiger partial charge is 0.277 e. The molecule has 1 aliphatic rings. The number of nitrogens with zero attached hydrogens (tertiary/aromatic N) is 8. The van der Waals surface area contributed by atoms with Crippen LogP contribution in [-0.2, 0) is 6.54 Å². The summed E-state index contributed by atoms with van der Waals surface area (Å²) in [4.78, 5) is 31.8. The molecule has 0 N–H and O–H groups in total. The van der Waals surface area contributed by atoms with Gasteiger partial charge in [-0.25, -0.2) is 9.67 Å². The number of fused-ring (bicyclic) bond motifs is 2. The molecule has 5 rings (SSSR count). The van der Waals surface area contributed by atoms with E-state index in [4.69, 9.17) is 0 Å². The van der Waals surface area contributed by atoms with Crippen LogP contribution in [0.1, 0.15) is 38.3 Å². The van der Waals surface area contributed by atoms with Crippen molar-refractivity contribution in [2.75, 3.05) is 0 Å². The lowest BCUT2D eigenvalue weighted by Crippen LogP contribution is -2.28. The van der Waals surface area contributed by atoms with Crippen LogP contribution in [0, 0.1) is 0 Å². The summed E-state index contributed by atoms with van der Waals surface area (Å²) in [6.45, 7) is 2.47. The molecule has 0 spiro atoms. The number of hydrogen-bond acceptors (Lipinski definition) is 7. The van der Waals surface area contributed by atoms with Crippen LogP contribution >= 0.6 is 0 Å². The normalized spacial score (nSPS) is 15.3. The Hall–Kier alpha value is -3.43. The maximum absolute atomic E-state index is 13.1. The third kappa shape index (κ3) is 2.68. The van der Waals surface area contributed by atoms with Crippen molar-refractivity contribution in [1.29, 1.82) is 0 Å². The summed E-state index contributed by atoms with van der Waals surface area (Å²) in [5.41, 5.74) is 0.525. The van der Waals surface area contributed by atoms with Gasteiger partial charge in [-0.3, -0.25) is 14.2 Å². The Bertz CT molecular complexity index is 1290. The molecular formula is C18H18N8O2. The fourth-order valence-corrected chi connectivity index (χ4v) is 3.44. The minimum Gasteiger partial charge on any atom is -0.294 e. The van der Waals surface area contributed by atoms with Crippen LogP contribution in [0.15, 0.2) is 40.4 Å². The molecule has 28 heavy (non-hydrogen) atoms. The molecule has 1 aliphatic carbocycles. The van der Waals surface area contributed by atoms with E-state index < -0.39 is 0 Å². The van der Waals surface area contributed by atoms with Crippen LogP contribution in [0.3, 0.4) is 0 Å². The Labute approximate surface area is 158 Å². The average Bonchev–Trinajstić information content (AvgIpc) is 3.42. The Morgan fingerprint density at radius 2 is 1.79 bits per heavy atom. The lowest BCUT2D eigenvalue weighted by atomic mass is 10.1. The van der Waals surface area contributed by atoms with Crippen molar-refractivity contribution in [3.63, 3.8) is 0 Å². The fraction of sp³-hybridized carbons (Fsp3) is 0.389. The van der Waals surface area contributed by atoms with Crippen molar-refractivity contribution in [3.05, 3.63) is 51.6 Å². The summed E-state index contributed by atoms with van der Waals surface area (Å²) < 4.78 is 3.02. The van der Waals surface area contributed by atoms with Gasteiger partial charge in [0.25, 0.3) is 11.1 Å². The molecule has 1 unspecified atom stereocenters. The molecule has 0 aliphatic heterocycles. The van der Waals surface area contributed by atoms with Crippen molar-refractivity contribution >= 4 is 21.8 Å². The van der Waals surface area contributed by atoms with E-state index in [-0.39, 0.29) is 23.2 Å². The lowest BCUT2D eigenvalue weighted by Gasteiger charge is -2.17. The van der Waals surface area contributed by atoms with Gasteiger partial charge in [-0.15, -0.1) is 5.10 Å². The van der Waals surface area contributed by atoms with Gasteiger partial charge in [0, 0.05) is 0 Å². The summed E-state index contributed by atoms with van der Waals surface area (Å²) in [6.07, 6.45) is 7.34. The molecular weight excluding hydrogens is 360 g/mol. The molecule has 10 heteroatoms. The number of hydrogen-bond donors (Lipinski definition) is 0. The van der Waals surface area contributed by atoms with Crippen LogP contribution in [0.5, 0.6) is 0 Å². The molecule has 1 aromatic carbocycles. The highest BCUT2D eigenvalue weighted by molar-refractivity contribution is 5.93. The SMILES string of the molecule is CCC(Cn1nccn1)n1cnc2cc3c(=O)n(C4CC4)nnc3cc2c1=O. The average molecular weight is 378 g/mol. The van der Waals surface area contributed by atoms with Gasteiger partial charge in [-0.2, -0.15) is 15.0 Å². The quantitative estimate of drug-likeness (QED) is 0.477. The highest BCUT2D eigenvalue weighted by atomic mass is 16.1. The summed E-state index contributed by atoms with van der Waals surface area (Å²) >= 11 is 0. The molecule has 3 aromatic heterocycles.